The highest BCUT2D eigenvalue weighted by atomic mass is 35.5. The number of carbonyl (C=O) groups excluding carboxylic acids is 4. The van der Waals surface area contributed by atoms with E-state index in [0.717, 1.165) is 76.5 Å². The highest BCUT2D eigenvalue weighted by Gasteiger charge is 2.28. The van der Waals surface area contributed by atoms with Gasteiger partial charge in [-0.05, 0) is 68.4 Å². The molecule has 378 valence electrons. The summed E-state index contributed by atoms with van der Waals surface area (Å²) in [5.41, 5.74) is 4.48. The van der Waals surface area contributed by atoms with Crippen LogP contribution in [-0.2, 0) is 49.7 Å². The summed E-state index contributed by atoms with van der Waals surface area (Å²) in [7, 11) is 0. The number of nitrogens with one attached hydrogen (secondary N) is 1. The Morgan fingerprint density at radius 1 is 0.574 bits per heavy atom. The number of rotatable bonds is 1. The summed E-state index contributed by atoms with van der Waals surface area (Å²) in [6, 6.07) is 0. The summed E-state index contributed by atoms with van der Waals surface area (Å²) in [5.74, 6) is 0.227. The SMILES string of the molecule is CC(C)(C)OC(=O)N1CC=C(N2CCOCC2)CC1.CC(C)(C)OC(=O)N1CCC(=O)CC1.CC(C)(C)OC(=O)N1CCc2ncncc2C1.Cl.Cl.c1ncc2c(n1)CCNC2.c1ncncn1. The van der Waals surface area contributed by atoms with Gasteiger partial charge in [0, 0.05) is 126 Å². The Morgan fingerprint density at radius 2 is 1.04 bits per heavy atom. The molecule has 8 heterocycles. The number of ketones is 1. The predicted molar refractivity (Wildman–Crippen MR) is 259 cm³/mol. The molecule has 0 atom stereocenters. The van der Waals surface area contributed by atoms with Crippen LogP contribution in [0, 0.1) is 0 Å². The maximum absolute atomic E-state index is 11.9. The third-order valence-electron chi connectivity index (χ3n) is 9.87. The maximum Gasteiger partial charge on any atom is 0.410 e. The monoisotopic (exact) mass is 990 g/mol. The van der Waals surface area contributed by atoms with Crippen molar-refractivity contribution in [2.45, 2.75) is 124 Å². The summed E-state index contributed by atoms with van der Waals surface area (Å²) < 4.78 is 21.3. The number of amides is 3. The Kier molecular flexibility index (Phi) is 25.0. The van der Waals surface area contributed by atoms with Crippen molar-refractivity contribution in [2.75, 3.05) is 65.6 Å². The van der Waals surface area contributed by atoms with Crippen molar-refractivity contribution in [3.05, 3.63) is 78.3 Å². The molecule has 0 unspecified atom stereocenters. The highest BCUT2D eigenvalue weighted by Crippen LogP contribution is 2.21. The molecule has 20 nitrogen and oxygen atoms in total. The number of piperidine rings is 1. The van der Waals surface area contributed by atoms with Gasteiger partial charge in [-0.1, -0.05) is 0 Å². The van der Waals surface area contributed by atoms with Gasteiger partial charge in [0.1, 0.15) is 54.2 Å². The van der Waals surface area contributed by atoms with E-state index in [-0.39, 0.29) is 48.9 Å². The van der Waals surface area contributed by atoms with E-state index in [4.69, 9.17) is 18.9 Å². The van der Waals surface area contributed by atoms with Crippen molar-refractivity contribution < 1.29 is 38.1 Å². The van der Waals surface area contributed by atoms with Crippen molar-refractivity contribution in [3.63, 3.8) is 0 Å². The molecule has 0 saturated carbocycles. The van der Waals surface area contributed by atoms with Crippen LogP contribution >= 0.6 is 24.8 Å². The van der Waals surface area contributed by atoms with Crippen molar-refractivity contribution in [1.82, 2.24) is 59.8 Å². The largest absolute Gasteiger partial charge is 0.444 e. The Morgan fingerprint density at radius 3 is 1.53 bits per heavy atom. The molecule has 3 aromatic rings. The van der Waals surface area contributed by atoms with Crippen LogP contribution < -0.4 is 5.32 Å². The molecule has 68 heavy (non-hydrogen) atoms. The normalized spacial score (nSPS) is 16.6. The molecule has 0 bridgehead atoms. The van der Waals surface area contributed by atoms with Gasteiger partial charge in [0.05, 0.1) is 25.5 Å². The number of ether oxygens (including phenoxy) is 4. The number of hydrogen-bond acceptors (Lipinski definition) is 17. The fourth-order valence-electron chi connectivity index (χ4n) is 6.69. The third kappa shape index (κ3) is 22.7. The first-order chi connectivity index (χ1) is 31.3. The number of carbonyl (C=O) groups is 4. The Balaban J connectivity index is 0.000000301. The average molecular weight is 992 g/mol. The number of fused-ring (bicyclic) bond motifs is 2. The fourth-order valence-corrected chi connectivity index (χ4v) is 6.69. The number of morpholine rings is 1. The standard InChI is InChI=1S/C14H24N2O3.C12H17N3O2.C10H17NO3.C7H9N3.C3H3N3.2ClH/c1-14(2,3)19-13(17)16-6-4-12(5-7-16)15-8-10-18-11-9-15;1-12(2,3)17-11(16)15-5-4-10-9(7-15)6-13-8-14-10;1-10(2,3)14-9(13)11-6-4-8(12)5-7-11;1-2-8-3-6-4-9-5-10-7(1)6;1-4-2-6-3-5-1;;/h4H,5-11H2,1-3H3;6,8H,4-5,7H2,1-3H3;4-7H2,1-3H3;4-5,8H,1-3H2;1-3H;2*1H. The van der Waals surface area contributed by atoms with Crippen LogP contribution in [0.3, 0.4) is 0 Å². The fraction of sp³-hybridized carbons (Fsp3) is 0.630. The molecule has 3 aromatic heterocycles. The first kappa shape index (κ1) is 58.8. The molecule has 1 N–H and O–H groups in total. The highest BCUT2D eigenvalue weighted by molar-refractivity contribution is 5.85. The van der Waals surface area contributed by atoms with E-state index in [1.54, 1.807) is 33.6 Å². The van der Waals surface area contributed by atoms with Crippen LogP contribution in [0.25, 0.3) is 0 Å². The van der Waals surface area contributed by atoms with Crippen LogP contribution in [0.1, 0.15) is 104 Å². The van der Waals surface area contributed by atoms with Gasteiger partial charge in [-0.2, -0.15) is 0 Å². The van der Waals surface area contributed by atoms with Crippen molar-refractivity contribution >= 4 is 48.9 Å². The number of aromatic nitrogens is 7. The van der Waals surface area contributed by atoms with Gasteiger partial charge in [0.2, 0.25) is 0 Å². The number of halogens is 2. The van der Waals surface area contributed by atoms with Gasteiger partial charge >= 0.3 is 18.3 Å². The van der Waals surface area contributed by atoms with Gasteiger partial charge in [-0.3, -0.25) is 4.79 Å². The van der Waals surface area contributed by atoms with E-state index in [0.29, 0.717) is 45.6 Å². The minimum Gasteiger partial charge on any atom is -0.444 e. The molecule has 8 rings (SSSR count). The van der Waals surface area contributed by atoms with E-state index in [2.05, 4.69) is 51.2 Å². The number of likely N-dealkylation sites (tertiary alicyclic amines) is 1. The van der Waals surface area contributed by atoms with E-state index >= 15 is 0 Å². The minimum atomic E-state index is -0.460. The first-order valence-electron chi connectivity index (χ1n) is 22.5. The second-order valence-electron chi connectivity index (χ2n) is 18.8. The van der Waals surface area contributed by atoms with Crippen LogP contribution in [0.2, 0.25) is 0 Å². The molecule has 0 aromatic carbocycles. The molecule has 2 fully saturated rings. The molecular formula is C46H72Cl2N12O8. The zero-order valence-corrected chi connectivity index (χ0v) is 42.8. The smallest absolute Gasteiger partial charge is 0.410 e. The van der Waals surface area contributed by atoms with Crippen LogP contribution in [0.15, 0.2) is 55.8 Å². The van der Waals surface area contributed by atoms with Crippen molar-refractivity contribution in [3.8, 4) is 0 Å². The lowest BCUT2D eigenvalue weighted by Crippen LogP contribution is -2.42. The Labute approximate surface area is 413 Å². The molecule has 0 spiro atoms. The van der Waals surface area contributed by atoms with Gasteiger partial charge in [-0.15, -0.1) is 24.8 Å². The summed E-state index contributed by atoms with van der Waals surface area (Å²) in [6.45, 7) is 25.8. The average Bonchev–Trinajstić information content (AvgIpc) is 3.29. The summed E-state index contributed by atoms with van der Waals surface area (Å²) in [5, 5.41) is 3.26. The third-order valence-corrected chi connectivity index (χ3v) is 9.87. The zero-order chi connectivity index (χ0) is 48.2. The van der Waals surface area contributed by atoms with Crippen LogP contribution in [0.5, 0.6) is 0 Å². The molecule has 0 aliphatic carbocycles. The lowest BCUT2D eigenvalue weighted by atomic mass is 10.1. The first-order valence-corrected chi connectivity index (χ1v) is 22.5. The van der Waals surface area contributed by atoms with E-state index in [1.165, 1.54) is 35.9 Å². The van der Waals surface area contributed by atoms with Crippen molar-refractivity contribution in [1.29, 1.82) is 0 Å². The molecule has 2 saturated heterocycles. The molecule has 0 radical (unpaired) electrons. The topological polar surface area (TPSA) is 220 Å². The summed E-state index contributed by atoms with van der Waals surface area (Å²) in [4.78, 5) is 80.6. The van der Waals surface area contributed by atoms with Crippen LogP contribution in [0.4, 0.5) is 14.4 Å². The number of hydrogen-bond donors (Lipinski definition) is 1. The lowest BCUT2D eigenvalue weighted by Gasteiger charge is -2.35. The van der Waals surface area contributed by atoms with Gasteiger partial charge in [-0.25, -0.2) is 49.3 Å². The predicted octanol–water partition coefficient (Wildman–Crippen LogP) is 6.04. The quantitative estimate of drug-likeness (QED) is 0.275. The number of nitrogens with zero attached hydrogens (tertiary/aromatic N) is 11. The zero-order valence-electron chi connectivity index (χ0n) is 41.1. The molecule has 3 amide bonds. The second kappa shape index (κ2) is 28.9. The Hall–Kier alpha value is -5.31. The lowest BCUT2D eigenvalue weighted by molar-refractivity contribution is -0.121. The second-order valence-corrected chi connectivity index (χ2v) is 18.8. The molecule has 22 heteroatoms. The molecule has 5 aliphatic heterocycles. The van der Waals surface area contributed by atoms with E-state index in [9.17, 15) is 19.2 Å². The van der Waals surface area contributed by atoms with E-state index < -0.39 is 16.8 Å². The number of Topliss-reactive ketones (excluding diaryl/α,β-unsaturated/α-hetero) is 1. The van der Waals surface area contributed by atoms with Gasteiger partial charge in [0.25, 0.3) is 0 Å². The summed E-state index contributed by atoms with van der Waals surface area (Å²) in [6.07, 6.45) is 16.1. The van der Waals surface area contributed by atoms with Gasteiger partial charge < -0.3 is 43.9 Å². The van der Waals surface area contributed by atoms with Crippen LogP contribution in [-0.4, -0.2) is 161 Å². The van der Waals surface area contributed by atoms with Crippen molar-refractivity contribution in [2.24, 2.45) is 0 Å². The minimum absolute atomic E-state index is 0. The van der Waals surface area contributed by atoms with E-state index in [1.807, 2.05) is 68.5 Å². The maximum atomic E-state index is 11.9. The van der Waals surface area contributed by atoms with Gasteiger partial charge in [0.15, 0.2) is 0 Å². The Bertz CT molecular complexity index is 1970. The molecular weight excluding hydrogens is 919 g/mol. The summed E-state index contributed by atoms with van der Waals surface area (Å²) >= 11 is 0. The molecule has 5 aliphatic rings.